The fourth-order valence-electron chi connectivity index (χ4n) is 2.68. The van der Waals surface area contributed by atoms with Crippen LogP contribution in [0.5, 0.6) is 0 Å². The Kier molecular flexibility index (Phi) is 3.10. The van der Waals surface area contributed by atoms with E-state index in [0.29, 0.717) is 6.04 Å². The van der Waals surface area contributed by atoms with E-state index < -0.39 is 0 Å². The highest BCUT2D eigenvalue weighted by Crippen LogP contribution is 2.36. The summed E-state index contributed by atoms with van der Waals surface area (Å²) in [6.07, 6.45) is 7.05. The smallest absolute Gasteiger partial charge is 0.0909 e. The number of hydroxylamine groups is 2. The molecule has 2 aliphatic heterocycles. The van der Waals surface area contributed by atoms with E-state index in [1.54, 1.807) is 0 Å². The molecule has 2 atom stereocenters. The van der Waals surface area contributed by atoms with Crippen molar-refractivity contribution in [2.45, 2.75) is 57.1 Å². The molecule has 0 amide bonds. The standard InChI is InChI=1S/C11H21NO2/c1-11(6-8-13)9-10-5-3-2-4-7-12(10)14-11/h10,13H,2-9H2,1H3. The monoisotopic (exact) mass is 199 g/mol. The van der Waals surface area contributed by atoms with Gasteiger partial charge >= 0.3 is 0 Å². The van der Waals surface area contributed by atoms with E-state index in [0.717, 1.165) is 19.4 Å². The van der Waals surface area contributed by atoms with Crippen LogP contribution in [0, 0.1) is 0 Å². The summed E-state index contributed by atoms with van der Waals surface area (Å²) in [4.78, 5) is 5.95. The molecule has 0 aromatic rings. The summed E-state index contributed by atoms with van der Waals surface area (Å²) in [6.45, 7) is 3.43. The number of aliphatic hydroxyl groups excluding tert-OH is 1. The minimum absolute atomic E-state index is 0.100. The highest BCUT2D eigenvalue weighted by molar-refractivity contribution is 4.88. The molecule has 2 aliphatic rings. The molecule has 0 aromatic heterocycles. The quantitative estimate of drug-likeness (QED) is 0.735. The van der Waals surface area contributed by atoms with Gasteiger partial charge in [0.2, 0.25) is 0 Å². The molecule has 2 rings (SSSR count). The number of hydrogen-bond donors (Lipinski definition) is 1. The summed E-state index contributed by atoms with van der Waals surface area (Å²) in [7, 11) is 0. The number of rotatable bonds is 2. The van der Waals surface area contributed by atoms with Gasteiger partial charge in [0.15, 0.2) is 0 Å². The molecule has 2 saturated heterocycles. The van der Waals surface area contributed by atoms with Crippen molar-refractivity contribution < 1.29 is 9.94 Å². The molecule has 0 bridgehead atoms. The van der Waals surface area contributed by atoms with E-state index in [2.05, 4.69) is 12.0 Å². The normalized spacial score (nSPS) is 39.4. The molecular formula is C11H21NO2. The van der Waals surface area contributed by atoms with Gasteiger partial charge in [0.25, 0.3) is 0 Å². The summed E-state index contributed by atoms with van der Waals surface area (Å²) in [6, 6.07) is 0.606. The maximum Gasteiger partial charge on any atom is 0.0909 e. The maximum atomic E-state index is 8.98. The first kappa shape index (κ1) is 10.4. The first-order valence-corrected chi connectivity index (χ1v) is 5.80. The van der Waals surface area contributed by atoms with Crippen LogP contribution >= 0.6 is 0 Å². The van der Waals surface area contributed by atoms with Crippen LogP contribution in [0.3, 0.4) is 0 Å². The van der Waals surface area contributed by atoms with Gasteiger partial charge in [-0.25, -0.2) is 0 Å². The van der Waals surface area contributed by atoms with Crippen molar-refractivity contribution in [3.05, 3.63) is 0 Å². The van der Waals surface area contributed by atoms with Crippen molar-refractivity contribution in [3.63, 3.8) is 0 Å². The van der Waals surface area contributed by atoms with Gasteiger partial charge in [-0.2, -0.15) is 5.06 Å². The summed E-state index contributed by atoms with van der Waals surface area (Å²) in [5.74, 6) is 0. The van der Waals surface area contributed by atoms with Crippen LogP contribution in [0.2, 0.25) is 0 Å². The zero-order chi connectivity index (χ0) is 10.0. The lowest BCUT2D eigenvalue weighted by atomic mass is 9.93. The van der Waals surface area contributed by atoms with Gasteiger partial charge in [-0.1, -0.05) is 12.8 Å². The maximum absolute atomic E-state index is 8.98. The fraction of sp³-hybridized carbons (Fsp3) is 1.00. The van der Waals surface area contributed by atoms with E-state index in [4.69, 9.17) is 9.94 Å². The molecule has 3 heteroatoms. The van der Waals surface area contributed by atoms with E-state index in [-0.39, 0.29) is 12.2 Å². The molecule has 0 aliphatic carbocycles. The van der Waals surface area contributed by atoms with Crippen molar-refractivity contribution in [1.29, 1.82) is 0 Å². The molecule has 0 radical (unpaired) electrons. The van der Waals surface area contributed by atoms with Crippen molar-refractivity contribution >= 4 is 0 Å². The Hall–Kier alpha value is -0.120. The molecule has 3 nitrogen and oxygen atoms in total. The molecule has 2 heterocycles. The van der Waals surface area contributed by atoms with Crippen molar-refractivity contribution in [2.24, 2.45) is 0 Å². The van der Waals surface area contributed by atoms with Gasteiger partial charge in [-0.05, 0) is 26.2 Å². The van der Waals surface area contributed by atoms with Crippen molar-refractivity contribution in [1.82, 2.24) is 5.06 Å². The Morgan fingerprint density at radius 1 is 1.43 bits per heavy atom. The minimum atomic E-state index is -0.100. The minimum Gasteiger partial charge on any atom is -0.396 e. The molecule has 82 valence electrons. The van der Waals surface area contributed by atoms with Gasteiger partial charge in [-0.15, -0.1) is 0 Å². The Bertz CT molecular complexity index is 182. The molecule has 0 aromatic carbocycles. The van der Waals surface area contributed by atoms with Gasteiger partial charge < -0.3 is 5.11 Å². The number of nitrogens with zero attached hydrogens (tertiary/aromatic N) is 1. The largest absolute Gasteiger partial charge is 0.396 e. The van der Waals surface area contributed by atoms with E-state index in [9.17, 15) is 0 Å². The summed E-state index contributed by atoms with van der Waals surface area (Å²) >= 11 is 0. The molecule has 2 fully saturated rings. The SMILES string of the molecule is CC1(CCO)CC2CCCCCN2O1. The van der Waals surface area contributed by atoms with E-state index in [1.165, 1.54) is 25.7 Å². The molecular weight excluding hydrogens is 178 g/mol. The molecule has 0 saturated carbocycles. The predicted molar refractivity (Wildman–Crippen MR) is 54.8 cm³/mol. The topological polar surface area (TPSA) is 32.7 Å². The van der Waals surface area contributed by atoms with Crippen molar-refractivity contribution in [2.75, 3.05) is 13.2 Å². The zero-order valence-electron chi connectivity index (χ0n) is 9.04. The Balaban J connectivity index is 1.97. The predicted octanol–water partition coefficient (Wildman–Crippen LogP) is 1.71. The molecule has 0 spiro atoms. The number of fused-ring (bicyclic) bond motifs is 1. The lowest BCUT2D eigenvalue weighted by Gasteiger charge is -2.24. The first-order chi connectivity index (χ1) is 6.73. The Morgan fingerprint density at radius 2 is 2.29 bits per heavy atom. The van der Waals surface area contributed by atoms with Crippen LogP contribution in [0.25, 0.3) is 0 Å². The lowest BCUT2D eigenvalue weighted by molar-refractivity contribution is -0.201. The van der Waals surface area contributed by atoms with Crippen LogP contribution in [0.1, 0.15) is 45.4 Å². The third kappa shape index (κ3) is 2.10. The third-order valence-electron chi connectivity index (χ3n) is 3.47. The summed E-state index contributed by atoms with van der Waals surface area (Å²) < 4.78 is 0. The Morgan fingerprint density at radius 3 is 3.07 bits per heavy atom. The van der Waals surface area contributed by atoms with E-state index in [1.807, 2.05) is 0 Å². The molecule has 14 heavy (non-hydrogen) atoms. The van der Waals surface area contributed by atoms with E-state index >= 15 is 0 Å². The first-order valence-electron chi connectivity index (χ1n) is 5.80. The summed E-state index contributed by atoms with van der Waals surface area (Å²) in [5.41, 5.74) is -0.100. The number of aliphatic hydroxyl groups is 1. The fourth-order valence-corrected chi connectivity index (χ4v) is 2.68. The van der Waals surface area contributed by atoms with Gasteiger partial charge in [-0.3, -0.25) is 4.84 Å². The van der Waals surface area contributed by atoms with Gasteiger partial charge in [0, 0.05) is 25.6 Å². The second kappa shape index (κ2) is 4.17. The third-order valence-corrected chi connectivity index (χ3v) is 3.47. The Labute approximate surface area is 86.0 Å². The average molecular weight is 199 g/mol. The van der Waals surface area contributed by atoms with Crippen LogP contribution in [0.15, 0.2) is 0 Å². The number of hydrogen-bond acceptors (Lipinski definition) is 3. The van der Waals surface area contributed by atoms with Gasteiger partial charge in [0.1, 0.15) is 0 Å². The van der Waals surface area contributed by atoms with Crippen LogP contribution < -0.4 is 0 Å². The second-order valence-electron chi connectivity index (χ2n) is 4.86. The zero-order valence-corrected chi connectivity index (χ0v) is 9.04. The average Bonchev–Trinajstić information content (AvgIpc) is 2.31. The van der Waals surface area contributed by atoms with Crippen molar-refractivity contribution in [3.8, 4) is 0 Å². The highest BCUT2D eigenvalue weighted by Gasteiger charge is 2.41. The molecule has 1 N–H and O–H groups in total. The van der Waals surface area contributed by atoms with Crippen LogP contribution in [-0.2, 0) is 4.84 Å². The second-order valence-corrected chi connectivity index (χ2v) is 4.86. The molecule has 2 unspecified atom stereocenters. The van der Waals surface area contributed by atoms with Crippen LogP contribution in [-0.4, -0.2) is 35.0 Å². The van der Waals surface area contributed by atoms with Crippen LogP contribution in [0.4, 0.5) is 0 Å². The summed E-state index contributed by atoms with van der Waals surface area (Å²) in [5, 5.41) is 11.2. The highest BCUT2D eigenvalue weighted by atomic mass is 16.7. The lowest BCUT2D eigenvalue weighted by Crippen LogP contribution is -2.30. The van der Waals surface area contributed by atoms with Gasteiger partial charge in [0.05, 0.1) is 5.60 Å².